The molecule has 1 heterocycles. The number of rotatable bonds is 3. The Hall–Kier alpha value is -1.33. The third-order valence-electron chi connectivity index (χ3n) is 3.00. The Morgan fingerprint density at radius 3 is 2.17 bits per heavy atom. The van der Waals surface area contributed by atoms with Crippen molar-refractivity contribution in [1.82, 2.24) is 4.90 Å². The number of nitrogens with zero attached hydrogens (tertiary/aromatic N) is 1. The van der Waals surface area contributed by atoms with Gasteiger partial charge in [-0.05, 0) is 6.42 Å². The highest BCUT2D eigenvalue weighted by molar-refractivity contribution is 7.82. The van der Waals surface area contributed by atoms with Crippen molar-refractivity contribution < 1.29 is 9.53 Å². The molecule has 0 aromatic heterocycles. The SMILES string of the molecule is CCC(C(=O)OC)N1C(=S)c2ccccc2C1=S. The maximum absolute atomic E-state index is 11.8. The molecule has 1 aliphatic heterocycles. The fraction of sp³-hybridized carbons (Fsp3) is 0.308. The summed E-state index contributed by atoms with van der Waals surface area (Å²) in [6.45, 7) is 1.91. The molecule has 0 saturated heterocycles. The highest BCUT2D eigenvalue weighted by Gasteiger charge is 2.37. The Balaban J connectivity index is 2.41. The van der Waals surface area contributed by atoms with Crippen LogP contribution in [0, 0.1) is 0 Å². The topological polar surface area (TPSA) is 29.5 Å². The molecule has 18 heavy (non-hydrogen) atoms. The molecule has 94 valence electrons. The van der Waals surface area contributed by atoms with Gasteiger partial charge < -0.3 is 9.64 Å². The van der Waals surface area contributed by atoms with Crippen LogP contribution in [0.15, 0.2) is 24.3 Å². The second-order valence-corrected chi connectivity index (χ2v) is 4.75. The van der Waals surface area contributed by atoms with Gasteiger partial charge in [0.2, 0.25) is 0 Å². The fourth-order valence-corrected chi connectivity index (χ4v) is 2.93. The summed E-state index contributed by atoms with van der Waals surface area (Å²) in [6.07, 6.45) is 0.598. The van der Waals surface area contributed by atoms with Crippen molar-refractivity contribution in [3.05, 3.63) is 35.4 Å². The summed E-state index contributed by atoms with van der Waals surface area (Å²) in [5, 5.41) is 0. The molecule has 0 spiro atoms. The summed E-state index contributed by atoms with van der Waals surface area (Å²) in [7, 11) is 1.38. The zero-order valence-corrected chi connectivity index (χ0v) is 11.8. The Bertz CT molecular complexity index is 492. The van der Waals surface area contributed by atoms with E-state index in [2.05, 4.69) is 0 Å². The molecule has 1 atom stereocenters. The number of esters is 1. The monoisotopic (exact) mass is 279 g/mol. The standard InChI is InChI=1S/C13H13NO2S2/c1-3-10(13(15)16-2)14-11(17)8-6-4-5-7-9(8)12(14)18/h4-7,10H,3H2,1-2H3. The first kappa shape index (κ1) is 13.1. The maximum atomic E-state index is 11.8. The number of thiocarbonyl (C=S) groups is 2. The molecule has 0 radical (unpaired) electrons. The minimum Gasteiger partial charge on any atom is -0.467 e. The Morgan fingerprint density at radius 1 is 1.28 bits per heavy atom. The van der Waals surface area contributed by atoms with E-state index in [1.807, 2.05) is 31.2 Å². The molecule has 1 aliphatic rings. The van der Waals surface area contributed by atoms with Gasteiger partial charge in [0.05, 0.1) is 7.11 Å². The van der Waals surface area contributed by atoms with Crippen LogP contribution in [-0.4, -0.2) is 34.0 Å². The van der Waals surface area contributed by atoms with E-state index >= 15 is 0 Å². The number of carbonyl (C=O) groups is 1. The first-order valence-corrected chi connectivity index (χ1v) is 6.48. The first-order chi connectivity index (χ1) is 8.61. The molecule has 0 aliphatic carbocycles. The fourth-order valence-electron chi connectivity index (χ4n) is 2.08. The second-order valence-electron chi connectivity index (χ2n) is 3.97. The number of fused-ring (bicyclic) bond motifs is 1. The summed E-state index contributed by atoms with van der Waals surface area (Å²) in [5.41, 5.74) is 1.83. The van der Waals surface area contributed by atoms with E-state index in [0.717, 1.165) is 11.1 Å². The van der Waals surface area contributed by atoms with Gasteiger partial charge in [0.1, 0.15) is 16.0 Å². The molecule has 5 heteroatoms. The number of ether oxygens (including phenoxy) is 1. The van der Waals surface area contributed by atoms with Crippen molar-refractivity contribution in [3.63, 3.8) is 0 Å². The van der Waals surface area contributed by atoms with E-state index in [1.165, 1.54) is 7.11 Å². The highest BCUT2D eigenvalue weighted by atomic mass is 32.1. The van der Waals surface area contributed by atoms with Crippen molar-refractivity contribution in [3.8, 4) is 0 Å². The normalized spacial score (nSPS) is 15.6. The minimum atomic E-state index is -0.442. The quantitative estimate of drug-likeness (QED) is 0.626. The van der Waals surface area contributed by atoms with Crippen LogP contribution in [0.3, 0.4) is 0 Å². The molecule has 0 fully saturated rings. The van der Waals surface area contributed by atoms with Gasteiger partial charge in [-0.25, -0.2) is 4.79 Å². The van der Waals surface area contributed by atoms with E-state index in [0.29, 0.717) is 16.4 Å². The molecule has 0 bridgehead atoms. The molecule has 1 unspecified atom stereocenters. The summed E-state index contributed by atoms with van der Waals surface area (Å²) >= 11 is 10.8. The summed E-state index contributed by atoms with van der Waals surface area (Å²) < 4.78 is 4.81. The molecule has 3 nitrogen and oxygen atoms in total. The van der Waals surface area contributed by atoms with Gasteiger partial charge >= 0.3 is 5.97 Å². The largest absolute Gasteiger partial charge is 0.467 e. The van der Waals surface area contributed by atoms with E-state index < -0.39 is 6.04 Å². The molecule has 1 aromatic carbocycles. The lowest BCUT2D eigenvalue weighted by molar-refractivity contribution is -0.144. The van der Waals surface area contributed by atoms with Crippen LogP contribution in [0.25, 0.3) is 0 Å². The molecule has 0 saturated carbocycles. The number of benzene rings is 1. The van der Waals surface area contributed by atoms with E-state index in [4.69, 9.17) is 29.2 Å². The van der Waals surface area contributed by atoms with Gasteiger partial charge in [0.15, 0.2) is 0 Å². The third-order valence-corrected chi connectivity index (χ3v) is 3.83. The van der Waals surface area contributed by atoms with Crippen LogP contribution in [0.1, 0.15) is 24.5 Å². The maximum Gasteiger partial charge on any atom is 0.328 e. The number of hydrogen-bond acceptors (Lipinski definition) is 4. The van der Waals surface area contributed by atoms with Gasteiger partial charge in [-0.1, -0.05) is 55.6 Å². The van der Waals surface area contributed by atoms with Crippen molar-refractivity contribution in [2.75, 3.05) is 7.11 Å². The lowest BCUT2D eigenvalue weighted by Crippen LogP contribution is -2.44. The smallest absolute Gasteiger partial charge is 0.328 e. The van der Waals surface area contributed by atoms with Crippen molar-refractivity contribution >= 4 is 40.4 Å². The molecule has 2 rings (SSSR count). The van der Waals surface area contributed by atoms with Crippen molar-refractivity contribution in [2.45, 2.75) is 19.4 Å². The molecule has 0 amide bonds. The van der Waals surface area contributed by atoms with Crippen LogP contribution >= 0.6 is 24.4 Å². The predicted octanol–water partition coefficient (Wildman–Crippen LogP) is 2.30. The highest BCUT2D eigenvalue weighted by Crippen LogP contribution is 2.27. The lowest BCUT2D eigenvalue weighted by atomic mass is 10.1. The predicted molar refractivity (Wildman–Crippen MR) is 77.8 cm³/mol. The van der Waals surface area contributed by atoms with E-state index in [1.54, 1.807) is 4.90 Å². The van der Waals surface area contributed by atoms with Crippen LogP contribution < -0.4 is 0 Å². The number of carbonyl (C=O) groups excluding carboxylic acids is 1. The van der Waals surface area contributed by atoms with Crippen LogP contribution in [0.2, 0.25) is 0 Å². The zero-order valence-electron chi connectivity index (χ0n) is 10.2. The molecular formula is C13H13NO2S2. The van der Waals surface area contributed by atoms with Gasteiger partial charge in [-0.15, -0.1) is 0 Å². The van der Waals surface area contributed by atoms with Gasteiger partial charge in [-0.3, -0.25) is 0 Å². The van der Waals surface area contributed by atoms with E-state index in [9.17, 15) is 4.79 Å². The Kier molecular flexibility index (Phi) is 3.73. The van der Waals surface area contributed by atoms with Crippen LogP contribution in [-0.2, 0) is 9.53 Å². The number of methoxy groups -OCH3 is 1. The van der Waals surface area contributed by atoms with Crippen molar-refractivity contribution in [2.24, 2.45) is 0 Å². The average Bonchev–Trinajstić information content (AvgIpc) is 2.65. The van der Waals surface area contributed by atoms with Crippen molar-refractivity contribution in [1.29, 1.82) is 0 Å². The molecule has 1 aromatic rings. The minimum absolute atomic E-state index is 0.310. The average molecular weight is 279 g/mol. The van der Waals surface area contributed by atoms with Gasteiger partial charge in [-0.2, -0.15) is 0 Å². The lowest BCUT2D eigenvalue weighted by Gasteiger charge is -2.26. The van der Waals surface area contributed by atoms with Crippen LogP contribution in [0.4, 0.5) is 0 Å². The molecule has 0 N–H and O–H groups in total. The first-order valence-electron chi connectivity index (χ1n) is 5.66. The second kappa shape index (κ2) is 5.12. The third kappa shape index (κ3) is 1.93. The van der Waals surface area contributed by atoms with Gasteiger partial charge in [0, 0.05) is 11.1 Å². The Labute approximate surface area is 117 Å². The summed E-state index contributed by atoms with van der Waals surface area (Å²) in [5.74, 6) is -0.310. The van der Waals surface area contributed by atoms with Gasteiger partial charge in [0.25, 0.3) is 0 Å². The Morgan fingerprint density at radius 2 is 1.78 bits per heavy atom. The molecular weight excluding hydrogens is 266 g/mol. The van der Waals surface area contributed by atoms with Crippen LogP contribution in [0.5, 0.6) is 0 Å². The summed E-state index contributed by atoms with van der Waals surface area (Å²) in [6, 6.07) is 7.23. The zero-order chi connectivity index (χ0) is 13.3. The number of hydrogen-bond donors (Lipinski definition) is 0. The summed E-state index contributed by atoms with van der Waals surface area (Å²) in [4.78, 5) is 14.7. The van der Waals surface area contributed by atoms with E-state index in [-0.39, 0.29) is 5.97 Å².